The molecule has 0 unspecified atom stereocenters. The second kappa shape index (κ2) is 7.01. The Morgan fingerprint density at radius 1 is 1.08 bits per heavy atom. The van der Waals surface area contributed by atoms with Crippen molar-refractivity contribution >= 4 is 6.03 Å². The van der Waals surface area contributed by atoms with Crippen LogP contribution in [0.5, 0.6) is 0 Å². The minimum absolute atomic E-state index is 0.164. The molecular formula is C19H21FN2O2. The Balaban J connectivity index is 1.55. The highest BCUT2D eigenvalue weighted by atomic mass is 19.1. The van der Waals surface area contributed by atoms with E-state index in [1.54, 1.807) is 12.1 Å². The van der Waals surface area contributed by atoms with Gasteiger partial charge < -0.3 is 15.7 Å². The van der Waals surface area contributed by atoms with Crippen LogP contribution in [0.4, 0.5) is 9.18 Å². The Hall–Kier alpha value is -2.40. The minimum Gasteiger partial charge on any atom is -0.383 e. The van der Waals surface area contributed by atoms with E-state index in [0.717, 1.165) is 24.0 Å². The molecule has 0 aromatic heterocycles. The summed E-state index contributed by atoms with van der Waals surface area (Å²) in [5.41, 5.74) is 0.604. The number of amides is 2. The maximum Gasteiger partial charge on any atom is 0.315 e. The van der Waals surface area contributed by atoms with Crippen LogP contribution in [0.3, 0.4) is 0 Å². The lowest BCUT2D eigenvalue weighted by molar-refractivity contribution is 0.0159. The summed E-state index contributed by atoms with van der Waals surface area (Å²) < 4.78 is 12.9. The molecule has 4 nitrogen and oxygen atoms in total. The fourth-order valence-electron chi connectivity index (χ4n) is 2.83. The molecule has 1 aliphatic carbocycles. The molecule has 1 aliphatic rings. The van der Waals surface area contributed by atoms with Gasteiger partial charge in [-0.15, -0.1) is 0 Å². The van der Waals surface area contributed by atoms with Crippen molar-refractivity contribution in [2.24, 2.45) is 5.92 Å². The normalized spacial score (nSPS) is 16.2. The van der Waals surface area contributed by atoms with Crippen molar-refractivity contribution in [1.82, 2.24) is 10.6 Å². The number of carbonyl (C=O) groups is 1. The summed E-state index contributed by atoms with van der Waals surface area (Å²) in [6.45, 7) is 0.468. The first-order valence-electron chi connectivity index (χ1n) is 8.12. The molecule has 5 heteroatoms. The lowest BCUT2D eigenvalue weighted by atomic mass is 9.89. The molecule has 2 aromatic rings. The standard InChI is InChI=1S/C19H21FN2O2/c20-17-10-6-14(7-11-17)12-21-18(23)22-13-19(24,16-8-9-16)15-4-2-1-3-5-15/h1-7,10-11,16,24H,8-9,12-13H2,(H2,21,22,23)/t19-/m0/s1. The Labute approximate surface area is 140 Å². The van der Waals surface area contributed by atoms with E-state index in [1.165, 1.54) is 12.1 Å². The first-order chi connectivity index (χ1) is 11.6. The highest BCUT2D eigenvalue weighted by Gasteiger charge is 2.45. The minimum atomic E-state index is -1.03. The lowest BCUT2D eigenvalue weighted by Crippen LogP contribution is -2.45. The molecule has 1 saturated carbocycles. The number of urea groups is 1. The number of rotatable bonds is 6. The van der Waals surface area contributed by atoms with Crippen LogP contribution < -0.4 is 10.6 Å². The third-order valence-electron chi connectivity index (χ3n) is 4.41. The van der Waals surface area contributed by atoms with Crippen LogP contribution in [0, 0.1) is 11.7 Å². The maximum absolute atomic E-state index is 12.9. The molecule has 0 saturated heterocycles. The molecular weight excluding hydrogens is 307 g/mol. The Kier molecular flexibility index (Phi) is 4.81. The van der Waals surface area contributed by atoms with E-state index in [4.69, 9.17) is 0 Å². The van der Waals surface area contributed by atoms with Gasteiger partial charge in [-0.25, -0.2) is 9.18 Å². The van der Waals surface area contributed by atoms with Crippen molar-refractivity contribution in [3.8, 4) is 0 Å². The number of hydrogen-bond acceptors (Lipinski definition) is 2. The third-order valence-corrected chi connectivity index (χ3v) is 4.41. The Morgan fingerprint density at radius 2 is 1.75 bits per heavy atom. The summed E-state index contributed by atoms with van der Waals surface area (Å²) in [5, 5.41) is 16.5. The van der Waals surface area contributed by atoms with Crippen molar-refractivity contribution in [2.75, 3.05) is 6.54 Å². The van der Waals surface area contributed by atoms with E-state index >= 15 is 0 Å². The van der Waals surface area contributed by atoms with Crippen LogP contribution in [-0.2, 0) is 12.1 Å². The first-order valence-corrected chi connectivity index (χ1v) is 8.12. The predicted octanol–water partition coefficient (Wildman–Crippen LogP) is 2.92. The number of nitrogens with one attached hydrogen (secondary N) is 2. The van der Waals surface area contributed by atoms with Crippen molar-refractivity contribution in [1.29, 1.82) is 0 Å². The summed E-state index contributed by atoms with van der Waals surface area (Å²) in [6, 6.07) is 15.1. The summed E-state index contributed by atoms with van der Waals surface area (Å²) >= 11 is 0. The van der Waals surface area contributed by atoms with Crippen LogP contribution in [0.25, 0.3) is 0 Å². The third kappa shape index (κ3) is 3.92. The van der Waals surface area contributed by atoms with E-state index in [-0.39, 0.29) is 24.3 Å². The molecule has 0 radical (unpaired) electrons. The van der Waals surface area contributed by atoms with Gasteiger partial charge in [0.15, 0.2) is 0 Å². The summed E-state index contributed by atoms with van der Waals surface area (Å²) in [6.07, 6.45) is 1.93. The zero-order chi connectivity index (χ0) is 17.0. The SMILES string of the molecule is O=C(NCc1ccc(F)cc1)NC[C@](O)(c1ccccc1)C1CC1. The van der Waals surface area contributed by atoms with Gasteiger partial charge in [-0.3, -0.25) is 0 Å². The summed E-state index contributed by atoms with van der Waals surface area (Å²) in [5.74, 6) is -0.127. The van der Waals surface area contributed by atoms with Gasteiger partial charge in [0.1, 0.15) is 11.4 Å². The van der Waals surface area contributed by atoms with Gasteiger partial charge >= 0.3 is 6.03 Å². The van der Waals surface area contributed by atoms with Gasteiger partial charge in [0.25, 0.3) is 0 Å². The fourth-order valence-corrected chi connectivity index (χ4v) is 2.83. The molecule has 2 amide bonds. The average molecular weight is 328 g/mol. The number of benzene rings is 2. The molecule has 1 atom stereocenters. The molecule has 2 aromatic carbocycles. The number of hydrogen-bond donors (Lipinski definition) is 3. The molecule has 126 valence electrons. The molecule has 3 N–H and O–H groups in total. The van der Waals surface area contributed by atoms with E-state index in [0.29, 0.717) is 6.54 Å². The van der Waals surface area contributed by atoms with E-state index in [1.807, 2.05) is 30.3 Å². The van der Waals surface area contributed by atoms with Crippen molar-refractivity contribution in [3.63, 3.8) is 0 Å². The molecule has 0 bridgehead atoms. The van der Waals surface area contributed by atoms with Crippen LogP contribution in [-0.4, -0.2) is 17.7 Å². The monoisotopic (exact) mass is 328 g/mol. The largest absolute Gasteiger partial charge is 0.383 e. The molecule has 0 aliphatic heterocycles. The second-order valence-electron chi connectivity index (χ2n) is 6.23. The van der Waals surface area contributed by atoms with Gasteiger partial charge in [0.2, 0.25) is 0 Å². The highest BCUT2D eigenvalue weighted by molar-refractivity contribution is 5.74. The topological polar surface area (TPSA) is 61.4 Å². The number of aliphatic hydroxyl groups is 1. The Morgan fingerprint density at radius 3 is 2.38 bits per heavy atom. The first kappa shape index (κ1) is 16.5. The summed E-state index contributed by atoms with van der Waals surface area (Å²) in [7, 11) is 0. The van der Waals surface area contributed by atoms with Gasteiger partial charge in [0, 0.05) is 6.54 Å². The van der Waals surface area contributed by atoms with Gasteiger partial charge in [-0.05, 0) is 42.0 Å². The lowest BCUT2D eigenvalue weighted by Gasteiger charge is -2.29. The molecule has 0 heterocycles. The van der Waals surface area contributed by atoms with Crippen LogP contribution in [0.15, 0.2) is 54.6 Å². The Bertz CT molecular complexity index is 686. The van der Waals surface area contributed by atoms with Crippen LogP contribution in [0.2, 0.25) is 0 Å². The van der Waals surface area contributed by atoms with Crippen molar-refractivity contribution < 1.29 is 14.3 Å². The van der Waals surface area contributed by atoms with Gasteiger partial charge in [-0.2, -0.15) is 0 Å². The zero-order valence-electron chi connectivity index (χ0n) is 13.3. The van der Waals surface area contributed by atoms with Crippen LogP contribution in [0.1, 0.15) is 24.0 Å². The zero-order valence-corrected chi connectivity index (χ0v) is 13.3. The van der Waals surface area contributed by atoms with E-state index in [9.17, 15) is 14.3 Å². The van der Waals surface area contributed by atoms with Gasteiger partial charge in [0.05, 0.1) is 6.54 Å². The summed E-state index contributed by atoms with van der Waals surface area (Å²) in [4.78, 5) is 12.0. The quantitative estimate of drug-likeness (QED) is 0.763. The van der Waals surface area contributed by atoms with Gasteiger partial charge in [-0.1, -0.05) is 42.5 Å². The average Bonchev–Trinajstić information content (AvgIpc) is 3.45. The predicted molar refractivity (Wildman–Crippen MR) is 89.7 cm³/mol. The molecule has 0 spiro atoms. The molecule has 1 fully saturated rings. The van der Waals surface area contributed by atoms with E-state index < -0.39 is 5.60 Å². The smallest absolute Gasteiger partial charge is 0.315 e. The van der Waals surface area contributed by atoms with Crippen LogP contribution >= 0.6 is 0 Å². The molecule has 24 heavy (non-hydrogen) atoms. The number of carbonyl (C=O) groups excluding carboxylic acids is 1. The fraction of sp³-hybridized carbons (Fsp3) is 0.316. The molecule has 3 rings (SSSR count). The van der Waals surface area contributed by atoms with Crippen molar-refractivity contribution in [3.05, 3.63) is 71.5 Å². The van der Waals surface area contributed by atoms with E-state index in [2.05, 4.69) is 10.6 Å². The highest BCUT2D eigenvalue weighted by Crippen LogP contribution is 2.45. The number of halogens is 1. The van der Waals surface area contributed by atoms with Crippen molar-refractivity contribution in [2.45, 2.75) is 25.0 Å². The second-order valence-corrected chi connectivity index (χ2v) is 6.23. The maximum atomic E-state index is 12.9.